The zero-order valence-electron chi connectivity index (χ0n) is 11.8. The number of β-amino-alcohol motifs (C(OH)–C–C–N with tert-alkyl or cyclic N) is 1. The molecule has 108 valence electrons. The minimum absolute atomic E-state index is 0.0230. The average Bonchev–Trinajstić information content (AvgIpc) is 2.52. The largest absolute Gasteiger partial charge is 0.388 e. The molecule has 0 saturated carbocycles. The van der Waals surface area contributed by atoms with Crippen molar-refractivity contribution in [2.75, 3.05) is 6.54 Å². The quantitative estimate of drug-likeness (QED) is 0.858. The van der Waals surface area contributed by atoms with Crippen LogP contribution in [0.25, 0.3) is 0 Å². The number of hydrogen-bond acceptors (Lipinski definition) is 3. The van der Waals surface area contributed by atoms with E-state index < -0.39 is 5.60 Å². The number of aliphatic hydroxyl groups is 1. The third-order valence-electron chi connectivity index (χ3n) is 3.28. The van der Waals surface area contributed by atoms with Gasteiger partial charge in [0.2, 0.25) is 0 Å². The average molecular weight is 340 g/mol. The number of rotatable bonds is 4. The van der Waals surface area contributed by atoms with E-state index >= 15 is 0 Å². The van der Waals surface area contributed by atoms with Gasteiger partial charge < -0.3 is 5.11 Å². The minimum atomic E-state index is -1.07. The first-order valence-corrected chi connectivity index (χ1v) is 7.39. The Morgan fingerprint density at radius 2 is 1.85 bits per heavy atom. The summed E-state index contributed by atoms with van der Waals surface area (Å²) in [5.41, 5.74) is -0.276. The summed E-state index contributed by atoms with van der Waals surface area (Å²) in [6, 6.07) is 5.02. The molecule has 1 aliphatic heterocycles. The van der Waals surface area contributed by atoms with Crippen LogP contribution in [-0.4, -0.2) is 34.0 Å². The maximum Gasteiger partial charge on any atom is 0.261 e. The van der Waals surface area contributed by atoms with Gasteiger partial charge in [-0.1, -0.05) is 29.8 Å². The van der Waals surface area contributed by atoms with Gasteiger partial charge in [-0.05, 0) is 37.5 Å². The van der Waals surface area contributed by atoms with Gasteiger partial charge in [-0.15, -0.1) is 0 Å². The number of carbonyl (C=O) groups is 2. The van der Waals surface area contributed by atoms with Crippen LogP contribution in [0.5, 0.6) is 0 Å². The number of imide groups is 1. The first-order valence-electron chi connectivity index (χ1n) is 6.59. The van der Waals surface area contributed by atoms with Crippen molar-refractivity contribution in [3.05, 3.63) is 33.8 Å². The summed E-state index contributed by atoms with van der Waals surface area (Å²) in [7, 11) is 0. The molecule has 1 aromatic carbocycles. The molecule has 1 N–H and O–H groups in total. The van der Waals surface area contributed by atoms with Crippen molar-refractivity contribution < 1.29 is 14.7 Å². The van der Waals surface area contributed by atoms with Crippen molar-refractivity contribution >= 4 is 27.7 Å². The maximum absolute atomic E-state index is 12.3. The van der Waals surface area contributed by atoms with Crippen molar-refractivity contribution in [3.8, 4) is 0 Å². The second-order valence-electron chi connectivity index (χ2n) is 5.98. The summed E-state index contributed by atoms with van der Waals surface area (Å²) in [5, 5.41) is 10.4. The van der Waals surface area contributed by atoms with Crippen molar-refractivity contribution in [1.82, 2.24) is 4.90 Å². The van der Waals surface area contributed by atoms with Crippen LogP contribution in [-0.2, 0) is 0 Å². The highest BCUT2D eigenvalue weighted by Gasteiger charge is 2.39. The van der Waals surface area contributed by atoms with Gasteiger partial charge in [0, 0.05) is 4.47 Å². The lowest BCUT2D eigenvalue weighted by Gasteiger charge is -2.29. The highest BCUT2D eigenvalue weighted by molar-refractivity contribution is 9.10. The summed E-state index contributed by atoms with van der Waals surface area (Å²) < 4.78 is 0.758. The number of fused-ring (bicyclic) bond motifs is 1. The predicted molar refractivity (Wildman–Crippen MR) is 79.6 cm³/mol. The standard InChI is InChI=1S/C15H18BrNO3/c1-9(2)7-15(3,20)8-17-13(18)11-5-4-10(16)6-12(11)14(17)19/h4-6,9,20H,7-8H2,1-3H3. The summed E-state index contributed by atoms with van der Waals surface area (Å²) in [6.45, 7) is 5.67. The summed E-state index contributed by atoms with van der Waals surface area (Å²) in [5.74, 6) is -0.383. The second kappa shape index (κ2) is 5.30. The molecule has 1 aliphatic rings. The smallest absolute Gasteiger partial charge is 0.261 e. The molecule has 1 atom stereocenters. The lowest BCUT2D eigenvalue weighted by atomic mass is 9.94. The Balaban J connectivity index is 2.25. The van der Waals surface area contributed by atoms with Crippen molar-refractivity contribution in [3.63, 3.8) is 0 Å². The Morgan fingerprint density at radius 3 is 2.45 bits per heavy atom. The van der Waals surface area contributed by atoms with Crippen LogP contribution in [0.3, 0.4) is 0 Å². The van der Waals surface area contributed by atoms with E-state index in [1.807, 2.05) is 13.8 Å². The number of halogens is 1. The molecule has 20 heavy (non-hydrogen) atoms. The van der Waals surface area contributed by atoms with Gasteiger partial charge in [-0.3, -0.25) is 14.5 Å². The molecule has 2 amide bonds. The topological polar surface area (TPSA) is 57.6 Å². The molecule has 4 nitrogen and oxygen atoms in total. The summed E-state index contributed by atoms with van der Waals surface area (Å²) in [6.07, 6.45) is 0.532. The van der Waals surface area contributed by atoms with Gasteiger partial charge >= 0.3 is 0 Å². The van der Waals surface area contributed by atoms with Gasteiger partial charge in [0.05, 0.1) is 23.3 Å². The van der Waals surface area contributed by atoms with E-state index in [0.29, 0.717) is 17.5 Å². The Kier molecular flexibility index (Phi) is 4.02. The highest BCUT2D eigenvalue weighted by Crippen LogP contribution is 2.28. The van der Waals surface area contributed by atoms with Crippen LogP contribution in [0.2, 0.25) is 0 Å². The van der Waals surface area contributed by atoms with Gasteiger partial charge in [-0.25, -0.2) is 0 Å². The molecule has 0 fully saturated rings. The molecular weight excluding hydrogens is 322 g/mol. The molecule has 0 aliphatic carbocycles. The third-order valence-corrected chi connectivity index (χ3v) is 3.77. The lowest BCUT2D eigenvalue weighted by Crippen LogP contribution is -2.44. The molecule has 5 heteroatoms. The number of benzene rings is 1. The monoisotopic (exact) mass is 339 g/mol. The maximum atomic E-state index is 12.3. The fraction of sp³-hybridized carbons (Fsp3) is 0.467. The van der Waals surface area contributed by atoms with E-state index in [-0.39, 0.29) is 24.3 Å². The molecule has 0 spiro atoms. The highest BCUT2D eigenvalue weighted by atomic mass is 79.9. The first kappa shape index (κ1) is 15.2. The normalized spacial score (nSPS) is 17.6. The van der Waals surface area contributed by atoms with Gasteiger partial charge in [0.1, 0.15) is 0 Å². The number of amides is 2. The summed E-state index contributed by atoms with van der Waals surface area (Å²) in [4.78, 5) is 25.7. The number of carbonyl (C=O) groups excluding carboxylic acids is 2. The first-order chi connectivity index (χ1) is 9.21. The van der Waals surface area contributed by atoms with Gasteiger partial charge in [-0.2, -0.15) is 0 Å². The van der Waals surface area contributed by atoms with Gasteiger partial charge in [0.15, 0.2) is 0 Å². The Hall–Kier alpha value is -1.20. The Labute approximate surface area is 126 Å². The Morgan fingerprint density at radius 1 is 1.25 bits per heavy atom. The van der Waals surface area contributed by atoms with Crippen molar-refractivity contribution in [1.29, 1.82) is 0 Å². The van der Waals surface area contributed by atoms with Crippen LogP contribution in [0.15, 0.2) is 22.7 Å². The molecule has 0 aromatic heterocycles. The molecular formula is C15H18BrNO3. The molecule has 0 bridgehead atoms. The van der Waals surface area contributed by atoms with Crippen LogP contribution < -0.4 is 0 Å². The van der Waals surface area contributed by atoms with Gasteiger partial charge in [0.25, 0.3) is 11.8 Å². The number of hydrogen-bond donors (Lipinski definition) is 1. The molecule has 2 rings (SSSR count). The lowest BCUT2D eigenvalue weighted by molar-refractivity contribution is 0.00697. The van der Waals surface area contributed by atoms with E-state index in [1.54, 1.807) is 25.1 Å². The zero-order valence-corrected chi connectivity index (χ0v) is 13.4. The van der Waals surface area contributed by atoms with E-state index in [4.69, 9.17) is 0 Å². The minimum Gasteiger partial charge on any atom is -0.388 e. The zero-order chi connectivity index (χ0) is 15.1. The molecule has 0 radical (unpaired) electrons. The van der Waals surface area contributed by atoms with E-state index in [0.717, 1.165) is 9.37 Å². The SMILES string of the molecule is CC(C)CC(C)(O)CN1C(=O)c2ccc(Br)cc2C1=O. The molecule has 1 aromatic rings. The molecule has 0 saturated heterocycles. The Bertz CT molecular complexity index is 566. The van der Waals surface area contributed by atoms with E-state index in [2.05, 4.69) is 15.9 Å². The summed E-state index contributed by atoms with van der Waals surface area (Å²) >= 11 is 3.29. The fourth-order valence-corrected chi connectivity index (χ4v) is 3.05. The predicted octanol–water partition coefficient (Wildman–Crippen LogP) is 2.84. The van der Waals surface area contributed by atoms with Crippen LogP contribution in [0, 0.1) is 5.92 Å². The second-order valence-corrected chi connectivity index (χ2v) is 6.90. The van der Waals surface area contributed by atoms with Crippen molar-refractivity contribution in [2.45, 2.75) is 32.8 Å². The molecule has 1 unspecified atom stereocenters. The van der Waals surface area contributed by atoms with E-state index in [9.17, 15) is 14.7 Å². The van der Waals surface area contributed by atoms with Crippen LogP contribution in [0.1, 0.15) is 47.9 Å². The van der Waals surface area contributed by atoms with Crippen molar-refractivity contribution in [2.24, 2.45) is 5.92 Å². The van der Waals surface area contributed by atoms with Crippen LogP contribution in [0.4, 0.5) is 0 Å². The fourth-order valence-electron chi connectivity index (χ4n) is 2.69. The number of nitrogens with zero attached hydrogens (tertiary/aromatic N) is 1. The van der Waals surface area contributed by atoms with E-state index in [1.165, 1.54) is 0 Å². The molecule has 1 heterocycles. The van der Waals surface area contributed by atoms with Crippen LogP contribution >= 0.6 is 15.9 Å². The third kappa shape index (κ3) is 2.94.